The van der Waals surface area contributed by atoms with Crippen LogP contribution in [0.4, 0.5) is 5.69 Å². The Bertz CT molecular complexity index is 585. The zero-order valence-corrected chi connectivity index (χ0v) is 17.0. The highest BCUT2D eigenvalue weighted by atomic mass is 16.3. The molecule has 27 heavy (non-hydrogen) atoms. The average molecular weight is 373 g/mol. The van der Waals surface area contributed by atoms with Crippen LogP contribution in [0.2, 0.25) is 0 Å². The normalized spacial score (nSPS) is 24.7. The van der Waals surface area contributed by atoms with Gasteiger partial charge < -0.3 is 20.6 Å². The summed E-state index contributed by atoms with van der Waals surface area (Å²) < 4.78 is 0. The Hall–Kier alpha value is -1.75. The highest BCUT2D eigenvalue weighted by Crippen LogP contribution is 2.23. The molecule has 150 valence electrons. The van der Waals surface area contributed by atoms with Crippen LogP contribution in [0.25, 0.3) is 0 Å². The average Bonchev–Trinajstić information content (AvgIpc) is 2.69. The maximum absolute atomic E-state index is 9.67. The molecule has 0 aromatic heterocycles. The molecule has 2 aliphatic rings. The molecule has 1 aliphatic heterocycles. The first-order chi connectivity index (χ1) is 13.1. The van der Waals surface area contributed by atoms with E-state index in [1.54, 1.807) is 0 Å². The van der Waals surface area contributed by atoms with Crippen molar-refractivity contribution in [3.8, 4) is 0 Å². The van der Waals surface area contributed by atoms with Crippen LogP contribution < -0.4 is 15.5 Å². The summed E-state index contributed by atoms with van der Waals surface area (Å²) in [5.74, 6) is 1.74. The smallest absolute Gasteiger partial charge is 0.191 e. The van der Waals surface area contributed by atoms with Gasteiger partial charge in [0.1, 0.15) is 0 Å². The number of nitrogens with zero attached hydrogens (tertiary/aromatic N) is 2. The molecule has 3 rings (SSSR count). The van der Waals surface area contributed by atoms with Crippen molar-refractivity contribution in [2.24, 2.45) is 10.9 Å². The topological polar surface area (TPSA) is 59.9 Å². The Morgan fingerprint density at radius 2 is 1.74 bits per heavy atom. The standard InChI is InChI=1S/C22H36N4O/c1-3-23-22(25-19-6-10-21(27)11-7-19)24-16-18-4-8-20(9-5-18)26-14-12-17(2)13-15-26/h4-5,8-9,17,19,21,27H,3,6-7,10-16H2,1-2H3,(H2,23,24,25). The van der Waals surface area contributed by atoms with Crippen LogP contribution in [0, 0.1) is 5.92 Å². The number of hydrogen-bond donors (Lipinski definition) is 3. The number of aliphatic imine (C=N–C) groups is 1. The molecule has 5 heteroatoms. The molecule has 0 radical (unpaired) electrons. The van der Waals surface area contributed by atoms with Crippen molar-refractivity contribution in [2.45, 2.75) is 71.1 Å². The van der Waals surface area contributed by atoms with Gasteiger partial charge in [-0.05, 0) is 69.1 Å². The molecular formula is C22H36N4O. The summed E-state index contributed by atoms with van der Waals surface area (Å²) in [6.45, 7) is 8.32. The molecule has 1 heterocycles. The molecule has 2 fully saturated rings. The predicted molar refractivity (Wildman–Crippen MR) is 113 cm³/mol. The van der Waals surface area contributed by atoms with Gasteiger partial charge in [0.15, 0.2) is 5.96 Å². The van der Waals surface area contributed by atoms with Crippen molar-refractivity contribution in [1.29, 1.82) is 0 Å². The SMILES string of the molecule is CCNC(=NCc1ccc(N2CCC(C)CC2)cc1)NC1CCC(O)CC1. The summed E-state index contributed by atoms with van der Waals surface area (Å²) in [6.07, 6.45) is 6.25. The van der Waals surface area contributed by atoms with E-state index < -0.39 is 0 Å². The van der Waals surface area contributed by atoms with Crippen LogP contribution in [0.5, 0.6) is 0 Å². The van der Waals surface area contributed by atoms with E-state index in [2.05, 4.69) is 53.6 Å². The quantitative estimate of drug-likeness (QED) is 0.548. The summed E-state index contributed by atoms with van der Waals surface area (Å²) in [6, 6.07) is 9.30. The Morgan fingerprint density at radius 1 is 1.07 bits per heavy atom. The number of anilines is 1. The summed E-state index contributed by atoms with van der Waals surface area (Å²) in [5, 5.41) is 16.6. The van der Waals surface area contributed by atoms with Gasteiger partial charge in [-0.3, -0.25) is 0 Å². The van der Waals surface area contributed by atoms with Crippen LogP contribution in [0.3, 0.4) is 0 Å². The van der Waals surface area contributed by atoms with Gasteiger partial charge in [-0.15, -0.1) is 0 Å². The number of hydrogen-bond acceptors (Lipinski definition) is 3. The number of aliphatic hydroxyl groups is 1. The van der Waals surface area contributed by atoms with Gasteiger partial charge in [0.25, 0.3) is 0 Å². The first-order valence-corrected chi connectivity index (χ1v) is 10.7. The van der Waals surface area contributed by atoms with Gasteiger partial charge in [-0.2, -0.15) is 0 Å². The monoisotopic (exact) mass is 372 g/mol. The predicted octanol–water partition coefficient (Wildman–Crippen LogP) is 3.28. The minimum absolute atomic E-state index is 0.121. The van der Waals surface area contributed by atoms with Crippen molar-refractivity contribution in [3.05, 3.63) is 29.8 Å². The van der Waals surface area contributed by atoms with Gasteiger partial charge >= 0.3 is 0 Å². The minimum atomic E-state index is -0.121. The lowest BCUT2D eigenvalue weighted by Crippen LogP contribution is -2.45. The van der Waals surface area contributed by atoms with E-state index in [9.17, 15) is 5.11 Å². The van der Waals surface area contributed by atoms with E-state index in [0.717, 1.165) is 44.1 Å². The van der Waals surface area contributed by atoms with Crippen molar-refractivity contribution in [3.63, 3.8) is 0 Å². The van der Waals surface area contributed by atoms with Gasteiger partial charge in [0.05, 0.1) is 12.6 Å². The fourth-order valence-corrected chi connectivity index (χ4v) is 3.98. The number of piperidine rings is 1. The number of nitrogens with one attached hydrogen (secondary N) is 2. The van der Waals surface area contributed by atoms with Crippen LogP contribution in [0.15, 0.2) is 29.3 Å². The van der Waals surface area contributed by atoms with Crippen LogP contribution in [-0.2, 0) is 6.54 Å². The van der Waals surface area contributed by atoms with Crippen LogP contribution >= 0.6 is 0 Å². The van der Waals surface area contributed by atoms with Crippen molar-refractivity contribution >= 4 is 11.6 Å². The molecular weight excluding hydrogens is 336 g/mol. The maximum Gasteiger partial charge on any atom is 0.191 e. The van der Waals surface area contributed by atoms with Gasteiger partial charge in [0.2, 0.25) is 0 Å². The lowest BCUT2D eigenvalue weighted by atomic mass is 9.93. The minimum Gasteiger partial charge on any atom is -0.393 e. The molecule has 1 aromatic carbocycles. The molecule has 1 saturated heterocycles. The Balaban J connectivity index is 1.54. The zero-order chi connectivity index (χ0) is 19.1. The molecule has 0 atom stereocenters. The molecule has 3 N–H and O–H groups in total. The van der Waals surface area contributed by atoms with Gasteiger partial charge in [-0.1, -0.05) is 19.1 Å². The largest absolute Gasteiger partial charge is 0.393 e. The number of rotatable bonds is 5. The third-order valence-electron chi connectivity index (χ3n) is 5.89. The van der Waals surface area contributed by atoms with E-state index in [-0.39, 0.29) is 6.10 Å². The Labute approximate surface area is 164 Å². The zero-order valence-electron chi connectivity index (χ0n) is 17.0. The van der Waals surface area contributed by atoms with E-state index >= 15 is 0 Å². The lowest BCUT2D eigenvalue weighted by Gasteiger charge is -2.32. The fourth-order valence-electron chi connectivity index (χ4n) is 3.98. The summed E-state index contributed by atoms with van der Waals surface area (Å²) in [5.41, 5.74) is 2.57. The molecule has 0 unspecified atom stereocenters. The summed E-state index contributed by atoms with van der Waals surface area (Å²) in [4.78, 5) is 7.26. The number of benzene rings is 1. The summed E-state index contributed by atoms with van der Waals surface area (Å²) >= 11 is 0. The molecule has 0 spiro atoms. The summed E-state index contributed by atoms with van der Waals surface area (Å²) in [7, 11) is 0. The molecule has 5 nitrogen and oxygen atoms in total. The molecule has 1 aliphatic carbocycles. The highest BCUT2D eigenvalue weighted by Gasteiger charge is 2.20. The fraction of sp³-hybridized carbons (Fsp3) is 0.682. The van der Waals surface area contributed by atoms with Crippen LogP contribution in [-0.4, -0.2) is 42.8 Å². The lowest BCUT2D eigenvalue weighted by molar-refractivity contribution is 0.120. The first kappa shape index (κ1) is 20.0. The highest BCUT2D eigenvalue weighted by molar-refractivity contribution is 5.80. The molecule has 0 bridgehead atoms. The number of aliphatic hydroxyl groups excluding tert-OH is 1. The second-order valence-electron chi connectivity index (χ2n) is 8.18. The van der Waals surface area contributed by atoms with Crippen molar-refractivity contribution in [1.82, 2.24) is 10.6 Å². The molecule has 1 saturated carbocycles. The van der Waals surface area contributed by atoms with E-state index in [4.69, 9.17) is 4.99 Å². The third kappa shape index (κ3) is 6.13. The van der Waals surface area contributed by atoms with Crippen molar-refractivity contribution in [2.75, 3.05) is 24.5 Å². The third-order valence-corrected chi connectivity index (χ3v) is 5.89. The maximum atomic E-state index is 9.67. The second kappa shape index (κ2) is 9.98. The second-order valence-corrected chi connectivity index (χ2v) is 8.18. The van der Waals surface area contributed by atoms with E-state index in [1.807, 2.05) is 0 Å². The van der Waals surface area contributed by atoms with E-state index in [1.165, 1.54) is 37.2 Å². The molecule has 0 amide bonds. The van der Waals surface area contributed by atoms with E-state index in [0.29, 0.717) is 12.6 Å². The molecule has 1 aromatic rings. The van der Waals surface area contributed by atoms with Crippen LogP contribution in [0.1, 0.15) is 57.9 Å². The number of guanidine groups is 1. The Kier molecular flexibility index (Phi) is 7.39. The Morgan fingerprint density at radius 3 is 2.37 bits per heavy atom. The first-order valence-electron chi connectivity index (χ1n) is 10.7. The van der Waals surface area contributed by atoms with Gasteiger partial charge in [0, 0.05) is 31.4 Å². The van der Waals surface area contributed by atoms with Crippen molar-refractivity contribution < 1.29 is 5.11 Å². The van der Waals surface area contributed by atoms with Gasteiger partial charge in [-0.25, -0.2) is 4.99 Å².